The van der Waals surface area contributed by atoms with Crippen molar-refractivity contribution < 1.29 is 14.3 Å². The predicted octanol–water partition coefficient (Wildman–Crippen LogP) is 1.37. The molecule has 0 saturated carbocycles. The minimum atomic E-state index is -0.926. The number of nitrogens with zero attached hydrogens (tertiary/aromatic N) is 1. The summed E-state index contributed by atoms with van der Waals surface area (Å²) in [6, 6.07) is 0. The highest BCUT2D eigenvalue weighted by molar-refractivity contribution is 8.02. The molecule has 84 valence electrons. The Morgan fingerprint density at radius 1 is 1.67 bits per heavy atom. The third kappa shape index (κ3) is 2.53. The number of ether oxygens (including phenoxy) is 1. The first-order chi connectivity index (χ1) is 7.00. The summed E-state index contributed by atoms with van der Waals surface area (Å²) in [5.74, 6) is -0.0743. The molecule has 0 fully saturated rings. The second kappa shape index (κ2) is 4.70. The smallest absolute Gasteiger partial charge is 0.331 e. The van der Waals surface area contributed by atoms with Gasteiger partial charge in [-0.2, -0.15) is 0 Å². The third-order valence-corrected chi connectivity index (χ3v) is 2.89. The van der Waals surface area contributed by atoms with E-state index in [1.807, 2.05) is 5.41 Å². The van der Waals surface area contributed by atoms with Crippen molar-refractivity contribution in [3.05, 3.63) is 11.6 Å². The van der Waals surface area contributed by atoms with E-state index < -0.39 is 5.54 Å². The lowest BCUT2D eigenvalue weighted by Crippen LogP contribution is -2.52. The Bertz CT molecular complexity index is 299. The van der Waals surface area contributed by atoms with Crippen molar-refractivity contribution in [3.63, 3.8) is 0 Å². The fourth-order valence-corrected chi connectivity index (χ4v) is 1.87. The van der Waals surface area contributed by atoms with Gasteiger partial charge in [-0.3, -0.25) is 4.79 Å². The van der Waals surface area contributed by atoms with Crippen LogP contribution in [0, 0.1) is 0 Å². The normalized spacial score (nSPS) is 16.7. The van der Waals surface area contributed by atoms with Crippen LogP contribution in [0.2, 0.25) is 0 Å². The van der Waals surface area contributed by atoms with Crippen LogP contribution in [-0.2, 0) is 14.3 Å². The number of amides is 1. The SMILES string of the molecule is CCOC(=O)C(C)(C)N1C=CSCC1=O. The lowest BCUT2D eigenvalue weighted by atomic mass is 10.0. The van der Waals surface area contributed by atoms with Gasteiger partial charge in [-0.1, -0.05) is 0 Å². The fourth-order valence-electron chi connectivity index (χ4n) is 1.28. The summed E-state index contributed by atoms with van der Waals surface area (Å²) in [5.41, 5.74) is -0.926. The van der Waals surface area contributed by atoms with Gasteiger partial charge in [0.05, 0.1) is 12.4 Å². The average Bonchev–Trinajstić information content (AvgIpc) is 2.18. The van der Waals surface area contributed by atoms with Gasteiger partial charge < -0.3 is 9.64 Å². The van der Waals surface area contributed by atoms with Crippen molar-refractivity contribution in [2.75, 3.05) is 12.4 Å². The van der Waals surface area contributed by atoms with E-state index in [4.69, 9.17) is 4.74 Å². The van der Waals surface area contributed by atoms with Crippen LogP contribution in [-0.4, -0.2) is 34.7 Å². The molecule has 0 aromatic heterocycles. The molecule has 0 aliphatic carbocycles. The molecule has 15 heavy (non-hydrogen) atoms. The Morgan fingerprint density at radius 3 is 2.87 bits per heavy atom. The molecule has 0 atom stereocenters. The van der Waals surface area contributed by atoms with E-state index in [2.05, 4.69) is 0 Å². The van der Waals surface area contributed by atoms with Crippen LogP contribution in [0.15, 0.2) is 11.6 Å². The Morgan fingerprint density at radius 2 is 2.33 bits per heavy atom. The molecule has 0 radical (unpaired) electrons. The molecule has 5 heteroatoms. The fraction of sp³-hybridized carbons (Fsp3) is 0.600. The van der Waals surface area contributed by atoms with Gasteiger partial charge in [0.2, 0.25) is 5.91 Å². The zero-order valence-corrected chi connectivity index (χ0v) is 9.97. The van der Waals surface area contributed by atoms with Gasteiger partial charge in [0.15, 0.2) is 0 Å². The first kappa shape index (κ1) is 12.1. The molecule has 1 amide bonds. The molecule has 0 aromatic rings. The molecule has 1 aliphatic rings. The van der Waals surface area contributed by atoms with E-state index in [0.717, 1.165) is 0 Å². The number of esters is 1. The highest BCUT2D eigenvalue weighted by Gasteiger charge is 2.38. The zero-order valence-electron chi connectivity index (χ0n) is 9.15. The van der Waals surface area contributed by atoms with Crippen LogP contribution >= 0.6 is 11.8 Å². The maximum absolute atomic E-state index is 11.7. The van der Waals surface area contributed by atoms with Crippen molar-refractivity contribution in [1.29, 1.82) is 0 Å². The van der Waals surface area contributed by atoms with E-state index in [-0.39, 0.29) is 11.9 Å². The Kier molecular flexibility index (Phi) is 3.79. The van der Waals surface area contributed by atoms with Crippen molar-refractivity contribution in [2.24, 2.45) is 0 Å². The van der Waals surface area contributed by atoms with Gasteiger partial charge in [-0.05, 0) is 26.2 Å². The zero-order chi connectivity index (χ0) is 11.5. The van der Waals surface area contributed by atoms with E-state index >= 15 is 0 Å². The van der Waals surface area contributed by atoms with Gasteiger partial charge in [0.25, 0.3) is 0 Å². The van der Waals surface area contributed by atoms with E-state index in [0.29, 0.717) is 12.4 Å². The summed E-state index contributed by atoms with van der Waals surface area (Å²) >= 11 is 1.42. The second-order valence-electron chi connectivity index (χ2n) is 3.64. The van der Waals surface area contributed by atoms with Crippen molar-refractivity contribution in [2.45, 2.75) is 26.3 Å². The molecule has 0 spiro atoms. The summed E-state index contributed by atoms with van der Waals surface area (Å²) < 4.78 is 4.93. The van der Waals surface area contributed by atoms with Gasteiger partial charge in [0.1, 0.15) is 5.54 Å². The predicted molar refractivity (Wildman–Crippen MR) is 59.2 cm³/mol. The van der Waals surface area contributed by atoms with Crippen LogP contribution in [0.25, 0.3) is 0 Å². The monoisotopic (exact) mass is 229 g/mol. The minimum absolute atomic E-state index is 0.0689. The van der Waals surface area contributed by atoms with Gasteiger partial charge in [-0.15, -0.1) is 11.8 Å². The standard InChI is InChI=1S/C10H15NO3S/c1-4-14-9(13)10(2,3)11-5-6-15-7-8(11)12/h5-6H,4,7H2,1-3H3. The first-order valence-corrected chi connectivity index (χ1v) is 5.82. The summed E-state index contributed by atoms with van der Waals surface area (Å²) in [4.78, 5) is 24.7. The molecule has 1 heterocycles. The highest BCUT2D eigenvalue weighted by Crippen LogP contribution is 2.23. The number of thioether (sulfide) groups is 1. The molecule has 0 unspecified atom stereocenters. The Balaban J connectivity index is 2.83. The Labute approximate surface area is 93.6 Å². The number of carbonyl (C=O) groups is 2. The number of rotatable bonds is 3. The maximum atomic E-state index is 11.7. The van der Waals surface area contributed by atoms with Crippen molar-refractivity contribution >= 4 is 23.6 Å². The quantitative estimate of drug-likeness (QED) is 0.686. The lowest BCUT2D eigenvalue weighted by Gasteiger charge is -2.35. The van der Waals surface area contributed by atoms with Gasteiger partial charge in [0, 0.05) is 6.20 Å². The van der Waals surface area contributed by atoms with E-state index in [9.17, 15) is 9.59 Å². The molecule has 0 N–H and O–H groups in total. The Hall–Kier alpha value is -0.970. The number of carbonyl (C=O) groups excluding carboxylic acids is 2. The molecular weight excluding hydrogens is 214 g/mol. The summed E-state index contributed by atoms with van der Waals surface area (Å²) in [6.07, 6.45) is 1.63. The minimum Gasteiger partial charge on any atom is -0.464 e. The van der Waals surface area contributed by atoms with Crippen LogP contribution in [0.5, 0.6) is 0 Å². The molecule has 4 nitrogen and oxygen atoms in total. The molecule has 1 rings (SSSR count). The average molecular weight is 229 g/mol. The lowest BCUT2D eigenvalue weighted by molar-refractivity contribution is -0.158. The van der Waals surface area contributed by atoms with Gasteiger partial charge >= 0.3 is 5.97 Å². The van der Waals surface area contributed by atoms with Crippen LogP contribution in [0.3, 0.4) is 0 Å². The van der Waals surface area contributed by atoms with Crippen molar-refractivity contribution in [3.8, 4) is 0 Å². The van der Waals surface area contributed by atoms with Crippen molar-refractivity contribution in [1.82, 2.24) is 4.90 Å². The third-order valence-electron chi connectivity index (χ3n) is 2.16. The first-order valence-electron chi connectivity index (χ1n) is 4.77. The topological polar surface area (TPSA) is 46.6 Å². The maximum Gasteiger partial charge on any atom is 0.331 e. The summed E-state index contributed by atoms with van der Waals surface area (Å²) in [6.45, 7) is 5.44. The summed E-state index contributed by atoms with van der Waals surface area (Å²) in [7, 11) is 0. The highest BCUT2D eigenvalue weighted by atomic mass is 32.2. The van der Waals surface area contributed by atoms with Crippen LogP contribution < -0.4 is 0 Å². The second-order valence-corrected chi connectivity index (χ2v) is 4.53. The van der Waals surface area contributed by atoms with Crippen LogP contribution in [0.4, 0.5) is 0 Å². The van der Waals surface area contributed by atoms with E-state index in [1.54, 1.807) is 27.0 Å². The molecular formula is C10H15NO3S. The van der Waals surface area contributed by atoms with E-state index in [1.165, 1.54) is 16.7 Å². The molecule has 0 bridgehead atoms. The van der Waals surface area contributed by atoms with Crippen LogP contribution in [0.1, 0.15) is 20.8 Å². The van der Waals surface area contributed by atoms with Gasteiger partial charge in [-0.25, -0.2) is 4.79 Å². The number of hydrogen-bond donors (Lipinski definition) is 0. The number of hydrogen-bond acceptors (Lipinski definition) is 4. The molecule has 0 aromatic carbocycles. The largest absolute Gasteiger partial charge is 0.464 e. The molecule has 0 saturated heterocycles. The summed E-state index contributed by atoms with van der Waals surface area (Å²) in [5, 5.41) is 1.81. The molecule has 1 aliphatic heterocycles.